The molecule has 1 aliphatic rings. The van der Waals surface area contributed by atoms with E-state index in [0.29, 0.717) is 13.2 Å². The second kappa shape index (κ2) is 8.82. The third-order valence-electron chi connectivity index (χ3n) is 3.07. The molecule has 0 saturated carbocycles. The van der Waals surface area contributed by atoms with E-state index in [4.69, 9.17) is 14.2 Å². The largest absolute Gasteiger partial charge is 0.387 e. The highest BCUT2D eigenvalue weighted by atomic mass is 16.7. The highest BCUT2D eigenvalue weighted by molar-refractivity contribution is 4.84. The van der Waals surface area contributed by atoms with Gasteiger partial charge < -0.3 is 24.4 Å². The summed E-state index contributed by atoms with van der Waals surface area (Å²) in [6.07, 6.45) is 0.887. The normalized spacial score (nSPS) is 32.7. The van der Waals surface area contributed by atoms with Gasteiger partial charge in [-0.2, -0.15) is 0 Å². The SMILES string of the molecule is CCCCO[C@@H]1C(O)[C@H](OCCCC)CO[C@@H]1O. The fourth-order valence-electron chi connectivity index (χ4n) is 1.84. The van der Waals surface area contributed by atoms with Crippen molar-refractivity contribution in [2.45, 2.75) is 64.1 Å². The van der Waals surface area contributed by atoms with Gasteiger partial charge in [0.15, 0.2) is 6.29 Å². The molecule has 0 aromatic heterocycles. The zero-order chi connectivity index (χ0) is 13.4. The smallest absolute Gasteiger partial charge is 0.183 e. The first-order chi connectivity index (χ1) is 8.70. The fourth-order valence-corrected chi connectivity index (χ4v) is 1.84. The van der Waals surface area contributed by atoms with Gasteiger partial charge in [-0.15, -0.1) is 0 Å². The van der Waals surface area contributed by atoms with Crippen molar-refractivity contribution in [1.29, 1.82) is 0 Å². The van der Waals surface area contributed by atoms with Crippen LogP contribution in [-0.4, -0.2) is 54.6 Å². The zero-order valence-electron chi connectivity index (χ0n) is 11.4. The Hall–Kier alpha value is -0.200. The second-order valence-electron chi connectivity index (χ2n) is 4.67. The summed E-state index contributed by atoms with van der Waals surface area (Å²) in [7, 11) is 0. The van der Waals surface area contributed by atoms with Gasteiger partial charge in [0.25, 0.3) is 0 Å². The van der Waals surface area contributed by atoms with E-state index in [2.05, 4.69) is 13.8 Å². The zero-order valence-corrected chi connectivity index (χ0v) is 11.4. The molecule has 1 unspecified atom stereocenters. The van der Waals surface area contributed by atoms with Crippen LogP contribution in [0.5, 0.6) is 0 Å². The van der Waals surface area contributed by atoms with Crippen molar-refractivity contribution in [3.05, 3.63) is 0 Å². The van der Waals surface area contributed by atoms with Crippen molar-refractivity contribution in [2.75, 3.05) is 19.8 Å². The molecule has 4 atom stereocenters. The van der Waals surface area contributed by atoms with Gasteiger partial charge in [-0.05, 0) is 12.8 Å². The fraction of sp³-hybridized carbons (Fsp3) is 1.00. The first kappa shape index (κ1) is 15.9. The Morgan fingerprint density at radius 2 is 1.67 bits per heavy atom. The summed E-state index contributed by atoms with van der Waals surface area (Å²) in [5.41, 5.74) is 0. The molecular weight excluding hydrogens is 236 g/mol. The molecule has 0 aliphatic carbocycles. The van der Waals surface area contributed by atoms with Gasteiger partial charge in [0.1, 0.15) is 18.3 Å². The molecule has 1 aliphatic heterocycles. The molecule has 0 amide bonds. The maximum Gasteiger partial charge on any atom is 0.183 e. The molecule has 18 heavy (non-hydrogen) atoms. The van der Waals surface area contributed by atoms with Crippen LogP contribution in [0.25, 0.3) is 0 Å². The number of aliphatic hydroxyl groups is 2. The molecule has 0 bridgehead atoms. The molecule has 5 nitrogen and oxygen atoms in total. The minimum absolute atomic E-state index is 0.208. The molecule has 1 rings (SSSR count). The van der Waals surface area contributed by atoms with Crippen molar-refractivity contribution in [3.63, 3.8) is 0 Å². The quantitative estimate of drug-likeness (QED) is 0.640. The Morgan fingerprint density at radius 1 is 1.06 bits per heavy atom. The Labute approximate surface area is 109 Å². The maximum absolute atomic E-state index is 10.1. The molecule has 0 spiro atoms. The van der Waals surface area contributed by atoms with Crippen LogP contribution >= 0.6 is 0 Å². The van der Waals surface area contributed by atoms with Crippen LogP contribution in [0.2, 0.25) is 0 Å². The number of hydrogen-bond donors (Lipinski definition) is 2. The van der Waals surface area contributed by atoms with Crippen LogP contribution in [0, 0.1) is 0 Å². The summed E-state index contributed by atoms with van der Waals surface area (Å²) in [5, 5.41) is 19.8. The van der Waals surface area contributed by atoms with E-state index in [9.17, 15) is 10.2 Å². The second-order valence-corrected chi connectivity index (χ2v) is 4.67. The number of hydrogen-bond acceptors (Lipinski definition) is 5. The molecule has 0 aromatic rings. The third-order valence-corrected chi connectivity index (χ3v) is 3.07. The number of ether oxygens (including phenoxy) is 3. The molecule has 1 saturated heterocycles. The van der Waals surface area contributed by atoms with Crippen LogP contribution < -0.4 is 0 Å². The van der Waals surface area contributed by atoms with E-state index >= 15 is 0 Å². The van der Waals surface area contributed by atoms with Crippen molar-refractivity contribution < 1.29 is 24.4 Å². The average molecular weight is 262 g/mol. The molecule has 0 aromatic carbocycles. The molecule has 108 valence electrons. The van der Waals surface area contributed by atoms with E-state index in [1.165, 1.54) is 0 Å². The minimum atomic E-state index is -1.07. The molecule has 2 N–H and O–H groups in total. The van der Waals surface area contributed by atoms with Crippen LogP contribution in [0.1, 0.15) is 39.5 Å². The van der Waals surface area contributed by atoms with Crippen molar-refractivity contribution in [3.8, 4) is 0 Å². The summed E-state index contributed by atoms with van der Waals surface area (Å²) in [4.78, 5) is 0. The summed E-state index contributed by atoms with van der Waals surface area (Å²) in [6, 6.07) is 0. The van der Waals surface area contributed by atoms with Gasteiger partial charge in [0, 0.05) is 13.2 Å². The van der Waals surface area contributed by atoms with E-state index in [1.54, 1.807) is 0 Å². The Morgan fingerprint density at radius 3 is 2.28 bits per heavy atom. The lowest BCUT2D eigenvalue weighted by molar-refractivity contribution is -0.272. The van der Waals surface area contributed by atoms with Crippen molar-refractivity contribution in [2.24, 2.45) is 0 Å². The number of rotatable bonds is 8. The van der Waals surface area contributed by atoms with Gasteiger partial charge in [0.2, 0.25) is 0 Å². The lowest BCUT2D eigenvalue weighted by Gasteiger charge is -2.37. The Balaban J connectivity index is 2.38. The summed E-state index contributed by atoms with van der Waals surface area (Å²) in [6.45, 7) is 5.46. The molecule has 0 radical (unpaired) electrons. The maximum atomic E-state index is 10.1. The number of unbranched alkanes of at least 4 members (excludes halogenated alkanes) is 2. The molecule has 5 heteroatoms. The summed E-state index contributed by atoms with van der Waals surface area (Å²) >= 11 is 0. The molecular formula is C13H26O5. The lowest BCUT2D eigenvalue weighted by atomic mass is 10.1. The van der Waals surface area contributed by atoms with E-state index in [-0.39, 0.29) is 6.61 Å². The minimum Gasteiger partial charge on any atom is -0.387 e. The van der Waals surface area contributed by atoms with E-state index in [0.717, 1.165) is 25.7 Å². The van der Waals surface area contributed by atoms with Gasteiger partial charge >= 0.3 is 0 Å². The summed E-state index contributed by atoms with van der Waals surface area (Å²) in [5.74, 6) is 0. The van der Waals surface area contributed by atoms with Crippen LogP contribution in [0.4, 0.5) is 0 Å². The van der Waals surface area contributed by atoms with E-state index in [1.807, 2.05) is 0 Å². The number of aliphatic hydroxyl groups excluding tert-OH is 2. The predicted octanol–water partition coefficient (Wildman–Crippen LogP) is 1.07. The first-order valence-corrected chi connectivity index (χ1v) is 6.91. The Bertz CT molecular complexity index is 212. The van der Waals surface area contributed by atoms with E-state index < -0.39 is 24.6 Å². The van der Waals surface area contributed by atoms with Gasteiger partial charge in [-0.25, -0.2) is 0 Å². The van der Waals surface area contributed by atoms with Gasteiger partial charge in [0.05, 0.1) is 6.61 Å². The van der Waals surface area contributed by atoms with Crippen molar-refractivity contribution in [1.82, 2.24) is 0 Å². The molecule has 1 heterocycles. The Kier molecular flexibility index (Phi) is 7.77. The molecule has 1 fully saturated rings. The highest BCUT2D eigenvalue weighted by Gasteiger charge is 2.40. The summed E-state index contributed by atoms with van der Waals surface area (Å²) < 4.78 is 16.2. The van der Waals surface area contributed by atoms with Crippen LogP contribution in [0.15, 0.2) is 0 Å². The standard InChI is InChI=1S/C13H26O5/c1-3-5-7-16-10-9-18-13(15)12(11(10)14)17-8-6-4-2/h10-15H,3-9H2,1-2H3/t10-,11?,12-,13+/m1/s1. The lowest BCUT2D eigenvalue weighted by Crippen LogP contribution is -2.55. The average Bonchev–Trinajstić information content (AvgIpc) is 2.36. The monoisotopic (exact) mass is 262 g/mol. The van der Waals surface area contributed by atoms with Gasteiger partial charge in [-0.3, -0.25) is 0 Å². The highest BCUT2D eigenvalue weighted by Crippen LogP contribution is 2.20. The topological polar surface area (TPSA) is 68.2 Å². The predicted molar refractivity (Wildman–Crippen MR) is 67.3 cm³/mol. The first-order valence-electron chi connectivity index (χ1n) is 6.91. The third kappa shape index (κ3) is 4.82. The van der Waals surface area contributed by atoms with Crippen LogP contribution in [0.3, 0.4) is 0 Å². The van der Waals surface area contributed by atoms with Crippen LogP contribution in [-0.2, 0) is 14.2 Å². The van der Waals surface area contributed by atoms with Gasteiger partial charge in [-0.1, -0.05) is 26.7 Å². The van der Waals surface area contributed by atoms with Crippen molar-refractivity contribution >= 4 is 0 Å².